The van der Waals surface area contributed by atoms with Gasteiger partial charge >= 0.3 is 5.69 Å². The van der Waals surface area contributed by atoms with Crippen molar-refractivity contribution in [1.29, 1.82) is 0 Å². The molecule has 0 aromatic heterocycles. The Labute approximate surface area is 118 Å². The van der Waals surface area contributed by atoms with Crippen LogP contribution in [-0.4, -0.2) is 12.0 Å². The molecule has 0 fully saturated rings. The van der Waals surface area contributed by atoms with E-state index in [1.54, 1.807) is 25.2 Å². The van der Waals surface area contributed by atoms with Gasteiger partial charge in [-0.25, -0.2) is 8.78 Å². The summed E-state index contributed by atoms with van der Waals surface area (Å²) < 4.78 is 26.0. The van der Waals surface area contributed by atoms with Crippen molar-refractivity contribution in [3.63, 3.8) is 0 Å². The van der Waals surface area contributed by atoms with Crippen LogP contribution in [0.15, 0.2) is 46.2 Å². The van der Waals surface area contributed by atoms with E-state index >= 15 is 0 Å². The highest BCUT2D eigenvalue weighted by molar-refractivity contribution is 7.99. The summed E-state index contributed by atoms with van der Waals surface area (Å²) in [4.78, 5) is 11.4. The van der Waals surface area contributed by atoms with Gasteiger partial charge in [-0.1, -0.05) is 17.8 Å². The van der Waals surface area contributed by atoms with Gasteiger partial charge in [0.05, 0.1) is 9.82 Å². The molecule has 0 saturated carbocycles. The van der Waals surface area contributed by atoms with Crippen LogP contribution in [0.2, 0.25) is 0 Å². The van der Waals surface area contributed by atoms with Crippen molar-refractivity contribution in [2.24, 2.45) is 0 Å². The first-order valence-electron chi connectivity index (χ1n) is 5.61. The van der Waals surface area contributed by atoms with E-state index in [1.165, 1.54) is 6.07 Å². The SMILES string of the molecule is CNc1cccc(Sc2ccc(F)c(F)c2)c1[N+](=O)[O-]. The molecule has 2 aromatic carbocycles. The minimum Gasteiger partial charge on any atom is -0.383 e. The zero-order valence-corrected chi connectivity index (χ0v) is 11.2. The summed E-state index contributed by atoms with van der Waals surface area (Å²) in [5.41, 5.74) is 0.271. The highest BCUT2D eigenvalue weighted by atomic mass is 32.2. The molecule has 104 valence electrons. The molecule has 0 aliphatic rings. The molecule has 0 atom stereocenters. The Balaban J connectivity index is 2.42. The van der Waals surface area contributed by atoms with Gasteiger partial charge in [0, 0.05) is 11.9 Å². The van der Waals surface area contributed by atoms with Gasteiger partial charge in [0.2, 0.25) is 0 Å². The van der Waals surface area contributed by atoms with Gasteiger partial charge in [-0.3, -0.25) is 10.1 Å². The van der Waals surface area contributed by atoms with Crippen LogP contribution in [0.4, 0.5) is 20.2 Å². The molecule has 7 heteroatoms. The lowest BCUT2D eigenvalue weighted by Crippen LogP contribution is -1.98. The Bertz CT molecular complexity index is 665. The predicted octanol–water partition coefficient (Wildman–Crippen LogP) is 4.07. The molecular formula is C13H10F2N2O2S. The zero-order valence-electron chi connectivity index (χ0n) is 10.4. The summed E-state index contributed by atoms with van der Waals surface area (Å²) >= 11 is 1.01. The smallest absolute Gasteiger partial charge is 0.306 e. The van der Waals surface area contributed by atoms with Crippen LogP contribution in [0.25, 0.3) is 0 Å². The number of hydrogen-bond donors (Lipinski definition) is 1. The molecule has 2 aromatic rings. The molecule has 2 rings (SSSR count). The summed E-state index contributed by atoms with van der Waals surface area (Å²) in [6, 6.07) is 8.17. The van der Waals surface area contributed by atoms with Gasteiger partial charge in [-0.2, -0.15) is 0 Å². The second kappa shape index (κ2) is 5.87. The Morgan fingerprint density at radius 3 is 2.55 bits per heavy atom. The quantitative estimate of drug-likeness (QED) is 0.682. The standard InChI is InChI=1S/C13H10F2N2O2S/c1-16-11-3-2-4-12(13(11)17(18)19)20-8-5-6-9(14)10(15)7-8/h2-7,16H,1H3. The van der Waals surface area contributed by atoms with E-state index in [4.69, 9.17) is 0 Å². The monoisotopic (exact) mass is 296 g/mol. The molecule has 1 N–H and O–H groups in total. The van der Waals surface area contributed by atoms with Crippen molar-refractivity contribution in [3.8, 4) is 0 Å². The largest absolute Gasteiger partial charge is 0.383 e. The third-order valence-electron chi connectivity index (χ3n) is 2.57. The molecule has 0 spiro atoms. The minimum atomic E-state index is -0.984. The Kier molecular flexibility index (Phi) is 4.19. The number of para-hydroxylation sites is 1. The van der Waals surface area contributed by atoms with Gasteiger partial charge < -0.3 is 5.32 Å². The van der Waals surface area contributed by atoms with Crippen LogP contribution in [0.1, 0.15) is 0 Å². The zero-order chi connectivity index (χ0) is 14.7. The maximum absolute atomic E-state index is 13.2. The highest BCUT2D eigenvalue weighted by Gasteiger charge is 2.20. The fourth-order valence-corrected chi connectivity index (χ4v) is 2.64. The summed E-state index contributed by atoms with van der Waals surface area (Å²) in [7, 11) is 1.58. The van der Waals surface area contributed by atoms with Gasteiger partial charge in [0.15, 0.2) is 11.6 Å². The summed E-state index contributed by atoms with van der Waals surface area (Å²) in [5, 5.41) is 13.9. The molecule has 0 bridgehead atoms. The number of rotatable bonds is 4. The molecule has 0 radical (unpaired) electrons. The van der Waals surface area contributed by atoms with E-state index in [0.717, 1.165) is 23.9 Å². The normalized spacial score (nSPS) is 10.3. The molecule has 0 aliphatic carbocycles. The number of benzene rings is 2. The summed E-state index contributed by atoms with van der Waals surface area (Å²) in [6.45, 7) is 0. The summed E-state index contributed by atoms with van der Waals surface area (Å²) in [6.07, 6.45) is 0. The third-order valence-corrected chi connectivity index (χ3v) is 3.61. The predicted molar refractivity (Wildman–Crippen MR) is 73.1 cm³/mol. The Hall–Kier alpha value is -2.15. The number of halogens is 2. The molecule has 4 nitrogen and oxygen atoms in total. The number of nitrogens with one attached hydrogen (secondary N) is 1. The molecule has 0 aliphatic heterocycles. The molecule has 0 amide bonds. The van der Waals surface area contributed by atoms with Crippen molar-refractivity contribution < 1.29 is 13.7 Å². The lowest BCUT2D eigenvalue weighted by Gasteiger charge is -2.07. The first-order chi connectivity index (χ1) is 9.52. The van der Waals surface area contributed by atoms with Gasteiger partial charge in [-0.05, 0) is 30.3 Å². The molecule has 20 heavy (non-hydrogen) atoms. The van der Waals surface area contributed by atoms with Crippen LogP contribution in [-0.2, 0) is 0 Å². The molecule has 0 unspecified atom stereocenters. The van der Waals surface area contributed by atoms with Crippen molar-refractivity contribution in [3.05, 3.63) is 58.1 Å². The van der Waals surface area contributed by atoms with Gasteiger partial charge in [0.25, 0.3) is 0 Å². The Morgan fingerprint density at radius 1 is 1.20 bits per heavy atom. The molecule has 0 saturated heterocycles. The van der Waals surface area contributed by atoms with Gasteiger partial charge in [-0.15, -0.1) is 0 Å². The van der Waals surface area contributed by atoms with Crippen molar-refractivity contribution in [2.75, 3.05) is 12.4 Å². The van der Waals surface area contributed by atoms with Crippen LogP contribution in [0.3, 0.4) is 0 Å². The van der Waals surface area contributed by atoms with E-state index in [-0.39, 0.29) is 5.69 Å². The summed E-state index contributed by atoms with van der Waals surface area (Å²) in [5.74, 6) is -1.93. The number of nitrogens with zero attached hydrogens (tertiary/aromatic N) is 1. The van der Waals surface area contributed by atoms with Gasteiger partial charge in [0.1, 0.15) is 5.69 Å². The fraction of sp³-hybridized carbons (Fsp3) is 0.0769. The number of anilines is 1. The second-order valence-electron chi connectivity index (χ2n) is 3.84. The van der Waals surface area contributed by atoms with E-state index in [1.807, 2.05) is 0 Å². The highest BCUT2D eigenvalue weighted by Crippen LogP contribution is 2.39. The van der Waals surface area contributed by atoms with Crippen LogP contribution in [0, 0.1) is 21.7 Å². The maximum Gasteiger partial charge on any atom is 0.306 e. The number of nitro benzene ring substituents is 1. The number of hydrogen-bond acceptors (Lipinski definition) is 4. The molecular weight excluding hydrogens is 286 g/mol. The first-order valence-corrected chi connectivity index (χ1v) is 6.42. The topological polar surface area (TPSA) is 55.2 Å². The van der Waals surface area contributed by atoms with Crippen LogP contribution < -0.4 is 5.32 Å². The third kappa shape index (κ3) is 2.88. The lowest BCUT2D eigenvalue weighted by molar-refractivity contribution is -0.386. The fourth-order valence-electron chi connectivity index (χ4n) is 1.66. The van der Waals surface area contributed by atoms with Crippen molar-refractivity contribution in [2.45, 2.75) is 9.79 Å². The minimum absolute atomic E-state index is 0.0928. The average Bonchev–Trinajstić information content (AvgIpc) is 2.42. The van der Waals surface area contributed by atoms with E-state index in [2.05, 4.69) is 5.32 Å². The Morgan fingerprint density at radius 2 is 1.95 bits per heavy atom. The van der Waals surface area contributed by atoms with Crippen LogP contribution in [0.5, 0.6) is 0 Å². The lowest BCUT2D eigenvalue weighted by atomic mass is 10.2. The van der Waals surface area contributed by atoms with Crippen LogP contribution >= 0.6 is 11.8 Å². The van der Waals surface area contributed by atoms with Crippen molar-refractivity contribution >= 4 is 23.1 Å². The maximum atomic E-state index is 13.2. The molecule has 0 heterocycles. The van der Waals surface area contributed by atoms with E-state index in [9.17, 15) is 18.9 Å². The first kappa shape index (κ1) is 14.3. The van der Waals surface area contributed by atoms with E-state index in [0.29, 0.717) is 15.5 Å². The second-order valence-corrected chi connectivity index (χ2v) is 4.95. The van der Waals surface area contributed by atoms with E-state index < -0.39 is 16.6 Å². The van der Waals surface area contributed by atoms with Crippen molar-refractivity contribution in [1.82, 2.24) is 0 Å². The average molecular weight is 296 g/mol. The number of nitro groups is 1.